The summed E-state index contributed by atoms with van der Waals surface area (Å²) in [4.78, 5) is 2.40. The third kappa shape index (κ3) is 6.30. The van der Waals surface area contributed by atoms with Crippen molar-refractivity contribution in [3.05, 3.63) is 106 Å². The third-order valence-electron chi connectivity index (χ3n) is 4.42. The summed E-state index contributed by atoms with van der Waals surface area (Å²) in [6, 6.07) is 29.1. The van der Waals surface area contributed by atoms with E-state index in [0.717, 1.165) is 5.56 Å². The van der Waals surface area contributed by atoms with E-state index in [0.29, 0.717) is 12.3 Å². The Morgan fingerprint density at radius 3 is 1.68 bits per heavy atom. The van der Waals surface area contributed by atoms with E-state index in [1.165, 1.54) is 19.6 Å². The zero-order chi connectivity index (χ0) is 19.8. The third-order valence-corrected chi connectivity index (χ3v) is 6.67. The smallest absolute Gasteiger partial charge is 0.0825 e. The molecule has 0 aliphatic carbocycles. The molecule has 0 saturated carbocycles. The minimum atomic E-state index is -0.496. The molecule has 0 radical (unpaired) electrons. The molecule has 1 atom stereocenters. The maximum absolute atomic E-state index is 10.7. The Labute approximate surface area is 176 Å². The second-order valence-corrected chi connectivity index (χ2v) is 9.42. The predicted molar refractivity (Wildman–Crippen MR) is 123 cm³/mol. The van der Waals surface area contributed by atoms with Crippen LogP contribution in [0.1, 0.15) is 43.4 Å². The Morgan fingerprint density at radius 2 is 1.21 bits per heavy atom. The number of aliphatic hydroxyl groups is 1. The van der Waals surface area contributed by atoms with Gasteiger partial charge in [-0.2, -0.15) is 0 Å². The molecule has 28 heavy (non-hydrogen) atoms. The van der Waals surface area contributed by atoms with Gasteiger partial charge in [0.2, 0.25) is 0 Å². The SMILES string of the molecule is CC(C)c1ccc([C@H](O)CC=C(Sc2ccccc2)Sc2ccccc2)cc1. The van der Waals surface area contributed by atoms with Gasteiger partial charge in [-0.25, -0.2) is 0 Å². The van der Waals surface area contributed by atoms with Crippen LogP contribution in [0.2, 0.25) is 0 Å². The molecular formula is C25H26OS2. The first kappa shape index (κ1) is 20.8. The molecule has 0 saturated heterocycles. The molecule has 0 fully saturated rings. The van der Waals surface area contributed by atoms with Crippen LogP contribution in [0.4, 0.5) is 0 Å². The first-order chi connectivity index (χ1) is 13.6. The molecular weight excluding hydrogens is 380 g/mol. The van der Waals surface area contributed by atoms with Crippen LogP contribution in [0, 0.1) is 0 Å². The lowest BCUT2D eigenvalue weighted by molar-refractivity contribution is 0.181. The second kappa shape index (κ2) is 10.6. The van der Waals surface area contributed by atoms with Gasteiger partial charge in [0.05, 0.1) is 6.10 Å². The molecule has 0 spiro atoms. The summed E-state index contributed by atoms with van der Waals surface area (Å²) in [6.45, 7) is 4.37. The summed E-state index contributed by atoms with van der Waals surface area (Å²) in [5.41, 5.74) is 2.26. The van der Waals surface area contributed by atoms with Gasteiger partial charge in [0.15, 0.2) is 0 Å². The van der Waals surface area contributed by atoms with Gasteiger partial charge in [-0.15, -0.1) is 0 Å². The Kier molecular flexibility index (Phi) is 7.84. The normalized spacial score (nSPS) is 12.0. The monoisotopic (exact) mass is 406 g/mol. The number of thioether (sulfide) groups is 2. The zero-order valence-corrected chi connectivity index (χ0v) is 17.9. The van der Waals surface area contributed by atoms with Crippen molar-refractivity contribution >= 4 is 23.5 Å². The van der Waals surface area contributed by atoms with Gasteiger partial charge < -0.3 is 5.11 Å². The van der Waals surface area contributed by atoms with E-state index in [4.69, 9.17) is 0 Å². The molecule has 3 aromatic carbocycles. The molecule has 0 unspecified atom stereocenters. The van der Waals surface area contributed by atoms with Gasteiger partial charge >= 0.3 is 0 Å². The molecule has 3 heteroatoms. The molecule has 0 aliphatic rings. The standard InChI is InChI=1S/C25H26OS2/c1-19(2)20-13-15-21(16-14-20)24(26)17-18-25(27-22-9-5-3-6-10-22)28-23-11-7-4-8-12-23/h3-16,18-19,24,26H,17H2,1-2H3/t24-/m1/s1. The van der Waals surface area contributed by atoms with Crippen LogP contribution in [0.5, 0.6) is 0 Å². The average molecular weight is 407 g/mol. The van der Waals surface area contributed by atoms with Gasteiger partial charge in [0, 0.05) is 14.0 Å². The van der Waals surface area contributed by atoms with E-state index >= 15 is 0 Å². The van der Waals surface area contributed by atoms with Crippen molar-refractivity contribution in [2.75, 3.05) is 0 Å². The topological polar surface area (TPSA) is 20.2 Å². The fraction of sp³-hybridized carbons (Fsp3) is 0.200. The lowest BCUT2D eigenvalue weighted by atomic mass is 9.99. The quantitative estimate of drug-likeness (QED) is 0.388. The molecule has 0 aliphatic heterocycles. The van der Waals surface area contributed by atoms with Crippen LogP contribution < -0.4 is 0 Å². The largest absolute Gasteiger partial charge is 0.388 e. The van der Waals surface area contributed by atoms with Crippen LogP contribution in [0.25, 0.3) is 0 Å². The summed E-state index contributed by atoms with van der Waals surface area (Å²) < 4.78 is 1.18. The minimum Gasteiger partial charge on any atom is -0.388 e. The van der Waals surface area contributed by atoms with E-state index in [9.17, 15) is 5.11 Å². The summed E-state index contributed by atoms with van der Waals surface area (Å²) in [7, 11) is 0. The highest BCUT2D eigenvalue weighted by atomic mass is 32.2. The van der Waals surface area contributed by atoms with Gasteiger partial charge in [-0.1, -0.05) is 104 Å². The molecule has 144 valence electrons. The van der Waals surface area contributed by atoms with Crippen molar-refractivity contribution in [1.29, 1.82) is 0 Å². The van der Waals surface area contributed by atoms with Crippen LogP contribution in [0.3, 0.4) is 0 Å². The van der Waals surface area contributed by atoms with E-state index in [2.05, 4.69) is 80.6 Å². The summed E-state index contributed by atoms with van der Waals surface area (Å²) in [5, 5.41) is 10.7. The molecule has 3 rings (SSSR count). The number of hydrogen-bond donors (Lipinski definition) is 1. The first-order valence-electron chi connectivity index (χ1n) is 9.55. The number of hydrogen-bond acceptors (Lipinski definition) is 3. The van der Waals surface area contributed by atoms with E-state index in [-0.39, 0.29) is 0 Å². The first-order valence-corrected chi connectivity index (χ1v) is 11.2. The van der Waals surface area contributed by atoms with Gasteiger partial charge in [0.1, 0.15) is 0 Å². The fourth-order valence-electron chi connectivity index (χ4n) is 2.76. The van der Waals surface area contributed by atoms with Gasteiger partial charge in [0.25, 0.3) is 0 Å². The predicted octanol–water partition coefficient (Wildman–Crippen LogP) is 7.66. The minimum absolute atomic E-state index is 0.496. The Bertz CT molecular complexity index is 828. The highest BCUT2D eigenvalue weighted by Gasteiger charge is 2.09. The van der Waals surface area contributed by atoms with Crippen molar-refractivity contribution in [1.82, 2.24) is 0 Å². The Balaban J connectivity index is 1.73. The summed E-state index contributed by atoms with van der Waals surface area (Å²) in [5.74, 6) is 0.502. The van der Waals surface area contributed by atoms with Crippen molar-refractivity contribution in [2.45, 2.75) is 42.1 Å². The van der Waals surface area contributed by atoms with Crippen molar-refractivity contribution in [2.24, 2.45) is 0 Å². The fourth-order valence-corrected chi connectivity index (χ4v) is 4.91. The van der Waals surface area contributed by atoms with E-state index in [1.807, 2.05) is 24.3 Å². The molecule has 0 heterocycles. The molecule has 0 aromatic heterocycles. The van der Waals surface area contributed by atoms with Crippen LogP contribution in [0.15, 0.2) is 105 Å². The van der Waals surface area contributed by atoms with Crippen molar-refractivity contribution in [3.8, 4) is 0 Å². The van der Waals surface area contributed by atoms with Crippen molar-refractivity contribution < 1.29 is 5.11 Å². The van der Waals surface area contributed by atoms with E-state index < -0.39 is 6.10 Å². The Morgan fingerprint density at radius 1 is 0.750 bits per heavy atom. The second-order valence-electron chi connectivity index (χ2n) is 6.93. The summed E-state index contributed by atoms with van der Waals surface area (Å²) in [6.07, 6.45) is 2.25. The maximum Gasteiger partial charge on any atom is 0.0825 e. The molecule has 1 nitrogen and oxygen atoms in total. The molecule has 1 N–H and O–H groups in total. The number of rotatable bonds is 8. The molecule has 0 amide bonds. The van der Waals surface area contributed by atoms with E-state index in [1.54, 1.807) is 23.5 Å². The van der Waals surface area contributed by atoms with Crippen LogP contribution >= 0.6 is 23.5 Å². The van der Waals surface area contributed by atoms with Crippen LogP contribution in [-0.4, -0.2) is 5.11 Å². The van der Waals surface area contributed by atoms with Gasteiger partial charge in [-0.05, 0) is 47.7 Å². The zero-order valence-electron chi connectivity index (χ0n) is 16.3. The molecule has 0 bridgehead atoms. The number of aliphatic hydroxyl groups excluding tert-OH is 1. The highest BCUT2D eigenvalue weighted by Crippen LogP contribution is 2.40. The van der Waals surface area contributed by atoms with Crippen molar-refractivity contribution in [3.63, 3.8) is 0 Å². The lowest BCUT2D eigenvalue weighted by Gasteiger charge is -2.13. The van der Waals surface area contributed by atoms with Crippen LogP contribution in [-0.2, 0) is 0 Å². The maximum atomic E-state index is 10.7. The molecule has 3 aromatic rings. The van der Waals surface area contributed by atoms with Gasteiger partial charge in [-0.3, -0.25) is 0 Å². The average Bonchev–Trinajstić information content (AvgIpc) is 2.73. The number of benzene rings is 3. The Hall–Kier alpha value is -1.94. The highest BCUT2D eigenvalue weighted by molar-refractivity contribution is 8.22. The lowest BCUT2D eigenvalue weighted by Crippen LogP contribution is -1.97. The summed E-state index contributed by atoms with van der Waals surface area (Å²) >= 11 is 3.48.